The van der Waals surface area contributed by atoms with Gasteiger partial charge in [-0.3, -0.25) is 0 Å². The van der Waals surface area contributed by atoms with Crippen molar-refractivity contribution >= 4 is 17.2 Å². The second-order valence-electron chi connectivity index (χ2n) is 4.16. The maximum Gasteiger partial charge on any atom is 0.118 e. The fourth-order valence-corrected chi connectivity index (χ4v) is 1.79. The van der Waals surface area contributed by atoms with Gasteiger partial charge in [-0.05, 0) is 44.1 Å². The zero-order valence-corrected chi connectivity index (χ0v) is 11.3. The highest BCUT2D eigenvalue weighted by atomic mass is 32.1. The zero-order valence-electron chi connectivity index (χ0n) is 10.5. The summed E-state index contributed by atoms with van der Waals surface area (Å²) in [5.74, 6) is 0.893. The van der Waals surface area contributed by atoms with E-state index in [1.807, 2.05) is 12.1 Å². The number of rotatable bonds is 7. The fraction of sp³-hybridized carbons (Fsp3) is 0.462. The van der Waals surface area contributed by atoms with Crippen LogP contribution in [0.25, 0.3) is 0 Å². The lowest BCUT2D eigenvalue weighted by Crippen LogP contribution is -2.20. The van der Waals surface area contributed by atoms with Gasteiger partial charge in [-0.15, -0.1) is 0 Å². The molecule has 4 heteroatoms. The molecule has 0 spiro atoms. The summed E-state index contributed by atoms with van der Waals surface area (Å²) in [7, 11) is 3.78. The van der Waals surface area contributed by atoms with Gasteiger partial charge in [0, 0.05) is 6.54 Å². The Morgan fingerprint density at radius 3 is 2.53 bits per heavy atom. The van der Waals surface area contributed by atoms with E-state index >= 15 is 0 Å². The lowest BCUT2D eigenvalue weighted by molar-refractivity contribution is 0.324. The molecule has 0 aromatic heterocycles. The van der Waals surface area contributed by atoms with E-state index in [2.05, 4.69) is 24.1 Å². The smallest absolute Gasteiger partial charge is 0.118 e. The number of hydrogen-bond acceptors (Lipinski definition) is 3. The molecule has 0 aliphatic carbocycles. The summed E-state index contributed by atoms with van der Waals surface area (Å²) in [6.07, 6.45) is 1.84. The molecule has 0 aliphatic heterocycles. The predicted octanol–water partition coefficient (Wildman–Crippen LogP) is 2.19. The number of hydrogen-bond donors (Lipinski definition) is 1. The molecule has 0 heterocycles. The monoisotopic (exact) mass is 252 g/mol. The van der Waals surface area contributed by atoms with Crippen LogP contribution in [0.3, 0.4) is 0 Å². The number of nitrogens with zero attached hydrogens (tertiary/aromatic N) is 1. The van der Waals surface area contributed by atoms with Crippen molar-refractivity contribution in [1.82, 2.24) is 4.90 Å². The van der Waals surface area contributed by atoms with Crippen LogP contribution in [-0.4, -0.2) is 30.6 Å². The highest BCUT2D eigenvalue weighted by Crippen LogP contribution is 2.12. The summed E-state index contributed by atoms with van der Waals surface area (Å²) < 4.78 is 5.12. The van der Waals surface area contributed by atoms with Crippen LogP contribution in [0, 0.1) is 0 Å². The molecule has 0 atom stereocenters. The number of thiocarbonyl (C=S) groups is 1. The summed E-state index contributed by atoms with van der Waals surface area (Å²) in [6, 6.07) is 8.14. The number of ether oxygens (including phenoxy) is 1. The van der Waals surface area contributed by atoms with Crippen LogP contribution in [0.1, 0.15) is 18.4 Å². The minimum absolute atomic E-state index is 0.600. The summed E-state index contributed by atoms with van der Waals surface area (Å²) in [5.41, 5.74) is 6.74. The molecule has 0 saturated carbocycles. The van der Waals surface area contributed by atoms with E-state index in [4.69, 9.17) is 22.7 Å². The largest absolute Gasteiger partial charge is 0.497 e. The molecule has 1 aromatic rings. The SMILES string of the molecule is COc1ccc(CN(C)CCCC(N)=S)cc1. The minimum Gasteiger partial charge on any atom is -0.497 e. The molecule has 0 fully saturated rings. The first-order valence-corrected chi connectivity index (χ1v) is 6.12. The van der Waals surface area contributed by atoms with Crippen LogP contribution >= 0.6 is 12.2 Å². The van der Waals surface area contributed by atoms with Gasteiger partial charge in [-0.2, -0.15) is 0 Å². The Balaban J connectivity index is 2.34. The normalized spacial score (nSPS) is 10.5. The molecule has 2 N–H and O–H groups in total. The molecule has 3 nitrogen and oxygen atoms in total. The van der Waals surface area contributed by atoms with Gasteiger partial charge in [-0.25, -0.2) is 0 Å². The van der Waals surface area contributed by atoms with E-state index < -0.39 is 0 Å². The second-order valence-corrected chi connectivity index (χ2v) is 4.68. The van der Waals surface area contributed by atoms with Crippen LogP contribution in [0.15, 0.2) is 24.3 Å². The highest BCUT2D eigenvalue weighted by Gasteiger charge is 2.01. The molecular weight excluding hydrogens is 232 g/mol. The van der Waals surface area contributed by atoms with Crippen molar-refractivity contribution in [2.24, 2.45) is 5.73 Å². The molecule has 1 rings (SSSR count). The second kappa shape index (κ2) is 7.25. The van der Waals surface area contributed by atoms with Gasteiger partial charge in [0.05, 0.1) is 12.1 Å². The first-order chi connectivity index (χ1) is 8.11. The van der Waals surface area contributed by atoms with Gasteiger partial charge >= 0.3 is 0 Å². The predicted molar refractivity (Wildman–Crippen MR) is 75.3 cm³/mol. The van der Waals surface area contributed by atoms with Crippen molar-refractivity contribution in [1.29, 1.82) is 0 Å². The standard InChI is InChI=1S/C13H20N2OS/c1-15(9-3-4-13(14)17)10-11-5-7-12(16-2)8-6-11/h5-8H,3-4,9-10H2,1-2H3,(H2,14,17). The Morgan fingerprint density at radius 1 is 1.35 bits per heavy atom. The van der Waals surface area contributed by atoms with E-state index in [0.717, 1.165) is 31.7 Å². The third-order valence-electron chi connectivity index (χ3n) is 2.57. The van der Waals surface area contributed by atoms with Crippen molar-refractivity contribution in [2.75, 3.05) is 20.7 Å². The van der Waals surface area contributed by atoms with Crippen molar-refractivity contribution in [3.05, 3.63) is 29.8 Å². The van der Waals surface area contributed by atoms with E-state index in [9.17, 15) is 0 Å². The third kappa shape index (κ3) is 5.65. The van der Waals surface area contributed by atoms with Crippen molar-refractivity contribution < 1.29 is 4.74 Å². The molecule has 0 bridgehead atoms. The summed E-state index contributed by atoms with van der Waals surface area (Å²) in [5, 5.41) is 0. The van der Waals surface area contributed by atoms with Crippen molar-refractivity contribution in [3.63, 3.8) is 0 Å². The van der Waals surface area contributed by atoms with Crippen molar-refractivity contribution in [2.45, 2.75) is 19.4 Å². The number of methoxy groups -OCH3 is 1. The Morgan fingerprint density at radius 2 is 2.00 bits per heavy atom. The molecule has 94 valence electrons. The lowest BCUT2D eigenvalue weighted by Gasteiger charge is -2.16. The fourth-order valence-electron chi connectivity index (χ4n) is 1.64. The van der Waals surface area contributed by atoms with Crippen LogP contribution in [-0.2, 0) is 6.54 Å². The number of nitrogens with two attached hydrogens (primary N) is 1. The molecule has 1 aromatic carbocycles. The van der Waals surface area contributed by atoms with Gasteiger partial charge in [0.25, 0.3) is 0 Å². The third-order valence-corrected chi connectivity index (χ3v) is 2.78. The van der Waals surface area contributed by atoms with Crippen LogP contribution in [0.5, 0.6) is 5.75 Å². The lowest BCUT2D eigenvalue weighted by atomic mass is 10.2. The highest BCUT2D eigenvalue weighted by molar-refractivity contribution is 7.80. The van der Waals surface area contributed by atoms with Crippen LogP contribution in [0.2, 0.25) is 0 Å². The van der Waals surface area contributed by atoms with E-state index in [1.54, 1.807) is 7.11 Å². The van der Waals surface area contributed by atoms with Gasteiger partial charge in [0.1, 0.15) is 5.75 Å². The Labute approximate surface area is 109 Å². The first-order valence-electron chi connectivity index (χ1n) is 5.71. The molecule has 0 unspecified atom stereocenters. The maximum absolute atomic E-state index is 5.46. The van der Waals surface area contributed by atoms with Gasteiger partial charge in [0.15, 0.2) is 0 Å². The van der Waals surface area contributed by atoms with Crippen LogP contribution in [0.4, 0.5) is 0 Å². The summed E-state index contributed by atoms with van der Waals surface area (Å²) in [4.78, 5) is 2.86. The Bertz CT molecular complexity index is 351. The van der Waals surface area contributed by atoms with Gasteiger partial charge in [-0.1, -0.05) is 24.4 Å². The van der Waals surface area contributed by atoms with E-state index in [0.29, 0.717) is 4.99 Å². The molecule has 0 radical (unpaired) electrons. The number of benzene rings is 1. The Hall–Kier alpha value is -1.13. The average molecular weight is 252 g/mol. The first kappa shape index (κ1) is 13.9. The summed E-state index contributed by atoms with van der Waals surface area (Å²) in [6.45, 7) is 1.94. The minimum atomic E-state index is 0.600. The molecule has 0 saturated heterocycles. The van der Waals surface area contributed by atoms with Gasteiger partial charge in [0.2, 0.25) is 0 Å². The van der Waals surface area contributed by atoms with Crippen LogP contribution < -0.4 is 10.5 Å². The quantitative estimate of drug-likeness (QED) is 0.755. The van der Waals surface area contributed by atoms with Crippen molar-refractivity contribution in [3.8, 4) is 5.75 Å². The Kier molecular flexibility index (Phi) is 5.94. The van der Waals surface area contributed by atoms with E-state index in [1.165, 1.54) is 5.56 Å². The molecule has 0 amide bonds. The summed E-state index contributed by atoms with van der Waals surface area (Å²) >= 11 is 4.85. The molecule has 0 aliphatic rings. The van der Waals surface area contributed by atoms with E-state index in [-0.39, 0.29) is 0 Å². The maximum atomic E-state index is 5.46. The van der Waals surface area contributed by atoms with Gasteiger partial charge < -0.3 is 15.4 Å². The topological polar surface area (TPSA) is 38.5 Å². The molecule has 17 heavy (non-hydrogen) atoms. The average Bonchev–Trinajstić information content (AvgIpc) is 2.29. The zero-order chi connectivity index (χ0) is 12.7. The molecular formula is C13H20N2OS.